The van der Waals surface area contributed by atoms with Gasteiger partial charge >= 0.3 is 0 Å². The lowest BCUT2D eigenvalue weighted by molar-refractivity contribution is -0.384. The first-order valence-corrected chi connectivity index (χ1v) is 8.70. The van der Waals surface area contributed by atoms with Gasteiger partial charge in [-0.1, -0.05) is 30.3 Å². The van der Waals surface area contributed by atoms with E-state index >= 15 is 0 Å². The lowest BCUT2D eigenvalue weighted by atomic mass is 10.1. The van der Waals surface area contributed by atoms with E-state index in [9.17, 15) is 19.3 Å². The fourth-order valence-corrected chi connectivity index (χ4v) is 3.01. The number of hydrogen-bond donors (Lipinski definition) is 0. The lowest BCUT2D eigenvalue weighted by Gasteiger charge is -2.34. The number of nitrogens with zero attached hydrogens (tertiary/aromatic N) is 3. The summed E-state index contributed by atoms with van der Waals surface area (Å²) < 4.78 is 13.7. The van der Waals surface area contributed by atoms with Crippen LogP contribution in [0.4, 0.5) is 10.1 Å². The first kappa shape index (κ1) is 18.7. The molecule has 0 aromatic heterocycles. The summed E-state index contributed by atoms with van der Waals surface area (Å²) in [6.45, 7) is 2.99. The minimum Gasteiger partial charge on any atom is -0.337 e. The Labute approximate surface area is 156 Å². The maximum atomic E-state index is 13.7. The number of amides is 1. The molecule has 0 aliphatic carbocycles. The van der Waals surface area contributed by atoms with Crippen LogP contribution in [-0.2, 0) is 11.3 Å². The van der Waals surface area contributed by atoms with Gasteiger partial charge in [0.05, 0.1) is 4.92 Å². The molecule has 1 saturated heterocycles. The molecular formula is C20H20FN3O3. The summed E-state index contributed by atoms with van der Waals surface area (Å²) in [7, 11) is 0. The van der Waals surface area contributed by atoms with Gasteiger partial charge in [0.15, 0.2) is 0 Å². The maximum absolute atomic E-state index is 13.7. The average Bonchev–Trinajstić information content (AvgIpc) is 2.68. The highest BCUT2D eigenvalue weighted by molar-refractivity contribution is 5.91. The van der Waals surface area contributed by atoms with Crippen LogP contribution in [0.1, 0.15) is 11.1 Å². The Morgan fingerprint density at radius 3 is 2.56 bits per heavy atom. The Bertz CT molecular complexity index is 861. The minimum absolute atomic E-state index is 0.00800. The Kier molecular flexibility index (Phi) is 5.93. The van der Waals surface area contributed by atoms with Crippen LogP contribution >= 0.6 is 0 Å². The number of piperazine rings is 1. The molecule has 7 heteroatoms. The molecule has 0 spiro atoms. The molecule has 2 aromatic rings. The molecule has 0 radical (unpaired) electrons. The second-order valence-electron chi connectivity index (χ2n) is 6.38. The van der Waals surface area contributed by atoms with Crippen LogP contribution in [0.15, 0.2) is 54.6 Å². The Balaban J connectivity index is 1.53. The van der Waals surface area contributed by atoms with E-state index < -0.39 is 4.92 Å². The molecule has 0 saturated carbocycles. The summed E-state index contributed by atoms with van der Waals surface area (Å²) >= 11 is 0. The van der Waals surface area contributed by atoms with Crippen molar-refractivity contribution in [2.75, 3.05) is 26.2 Å². The van der Waals surface area contributed by atoms with Crippen molar-refractivity contribution in [3.8, 4) is 0 Å². The van der Waals surface area contributed by atoms with Gasteiger partial charge in [-0.25, -0.2) is 4.39 Å². The zero-order valence-corrected chi connectivity index (χ0v) is 14.8. The van der Waals surface area contributed by atoms with E-state index in [4.69, 9.17) is 0 Å². The van der Waals surface area contributed by atoms with Gasteiger partial charge in [-0.15, -0.1) is 0 Å². The highest BCUT2D eigenvalue weighted by Gasteiger charge is 2.20. The van der Waals surface area contributed by atoms with Crippen molar-refractivity contribution in [2.45, 2.75) is 6.54 Å². The van der Waals surface area contributed by atoms with E-state index in [1.54, 1.807) is 35.2 Å². The zero-order valence-electron chi connectivity index (χ0n) is 14.8. The van der Waals surface area contributed by atoms with E-state index in [1.165, 1.54) is 24.3 Å². The Morgan fingerprint density at radius 1 is 1.11 bits per heavy atom. The summed E-state index contributed by atoms with van der Waals surface area (Å²) in [6.07, 6.45) is 3.02. The molecule has 1 aliphatic heterocycles. The fourth-order valence-electron chi connectivity index (χ4n) is 3.01. The predicted molar refractivity (Wildman–Crippen MR) is 100 cm³/mol. The second kappa shape index (κ2) is 8.55. The van der Waals surface area contributed by atoms with Crippen LogP contribution in [0.3, 0.4) is 0 Å². The molecule has 1 aliphatic rings. The largest absolute Gasteiger partial charge is 0.337 e. The molecule has 0 N–H and O–H groups in total. The van der Waals surface area contributed by atoms with Crippen molar-refractivity contribution in [3.63, 3.8) is 0 Å². The zero-order chi connectivity index (χ0) is 19.2. The molecule has 0 bridgehead atoms. The van der Waals surface area contributed by atoms with Gasteiger partial charge in [0.25, 0.3) is 5.69 Å². The van der Waals surface area contributed by atoms with Crippen molar-refractivity contribution >= 4 is 17.7 Å². The first-order chi connectivity index (χ1) is 13.0. The number of nitro benzene ring substituents is 1. The quantitative estimate of drug-likeness (QED) is 0.461. The van der Waals surface area contributed by atoms with Crippen LogP contribution in [0.5, 0.6) is 0 Å². The number of rotatable bonds is 5. The van der Waals surface area contributed by atoms with E-state index in [0.29, 0.717) is 43.9 Å². The summed E-state index contributed by atoms with van der Waals surface area (Å²) in [4.78, 5) is 26.5. The highest BCUT2D eigenvalue weighted by Crippen LogP contribution is 2.15. The van der Waals surface area contributed by atoms with Crippen molar-refractivity contribution in [2.24, 2.45) is 0 Å². The molecule has 0 unspecified atom stereocenters. The van der Waals surface area contributed by atoms with Gasteiger partial charge < -0.3 is 4.90 Å². The molecule has 6 nitrogen and oxygen atoms in total. The van der Waals surface area contributed by atoms with E-state index in [1.807, 2.05) is 6.07 Å². The van der Waals surface area contributed by atoms with E-state index in [2.05, 4.69) is 4.90 Å². The molecular weight excluding hydrogens is 349 g/mol. The third-order valence-corrected chi connectivity index (χ3v) is 4.54. The normalized spacial score (nSPS) is 15.2. The molecule has 0 atom stereocenters. The fraction of sp³-hybridized carbons (Fsp3) is 0.250. The smallest absolute Gasteiger partial charge is 0.270 e. The van der Waals surface area contributed by atoms with E-state index in [-0.39, 0.29) is 17.4 Å². The number of carbonyl (C=O) groups is 1. The van der Waals surface area contributed by atoms with Gasteiger partial charge in [0, 0.05) is 56.5 Å². The number of benzene rings is 2. The topological polar surface area (TPSA) is 66.7 Å². The summed E-state index contributed by atoms with van der Waals surface area (Å²) in [5.74, 6) is -0.344. The molecule has 2 aromatic carbocycles. The van der Waals surface area contributed by atoms with Crippen LogP contribution < -0.4 is 0 Å². The van der Waals surface area contributed by atoms with Crippen molar-refractivity contribution < 1.29 is 14.1 Å². The van der Waals surface area contributed by atoms with Crippen LogP contribution in [0.2, 0.25) is 0 Å². The molecule has 140 valence electrons. The average molecular weight is 369 g/mol. The third-order valence-electron chi connectivity index (χ3n) is 4.54. The van der Waals surface area contributed by atoms with Gasteiger partial charge in [0.2, 0.25) is 5.91 Å². The van der Waals surface area contributed by atoms with Crippen molar-refractivity contribution in [3.05, 3.63) is 81.7 Å². The minimum atomic E-state index is -0.464. The molecule has 1 amide bonds. The second-order valence-corrected chi connectivity index (χ2v) is 6.38. The lowest BCUT2D eigenvalue weighted by Crippen LogP contribution is -2.47. The van der Waals surface area contributed by atoms with Crippen LogP contribution in [-0.4, -0.2) is 46.8 Å². The predicted octanol–water partition coefficient (Wildman–Crippen LogP) is 3.09. The summed E-state index contributed by atoms with van der Waals surface area (Å²) in [6, 6.07) is 12.8. The first-order valence-electron chi connectivity index (χ1n) is 8.70. The molecule has 1 fully saturated rings. The summed E-state index contributed by atoms with van der Waals surface area (Å²) in [5, 5.41) is 10.8. The maximum Gasteiger partial charge on any atom is 0.270 e. The third kappa shape index (κ3) is 4.98. The molecule has 3 rings (SSSR count). The van der Waals surface area contributed by atoms with Crippen molar-refractivity contribution in [1.82, 2.24) is 9.80 Å². The van der Waals surface area contributed by atoms with Gasteiger partial charge in [-0.3, -0.25) is 19.8 Å². The van der Waals surface area contributed by atoms with Crippen LogP contribution in [0, 0.1) is 15.9 Å². The van der Waals surface area contributed by atoms with Crippen LogP contribution in [0.25, 0.3) is 6.08 Å². The number of nitro groups is 1. The molecule has 27 heavy (non-hydrogen) atoms. The van der Waals surface area contributed by atoms with Gasteiger partial charge in [0.1, 0.15) is 5.82 Å². The monoisotopic (exact) mass is 369 g/mol. The van der Waals surface area contributed by atoms with Gasteiger partial charge in [-0.2, -0.15) is 0 Å². The SMILES string of the molecule is O=C(/C=C/c1cccc([N+](=O)[O-])c1)N1CCN(Cc2ccccc2F)CC1. The van der Waals surface area contributed by atoms with E-state index in [0.717, 1.165) is 0 Å². The number of hydrogen-bond acceptors (Lipinski definition) is 4. The van der Waals surface area contributed by atoms with Gasteiger partial charge in [-0.05, 0) is 17.7 Å². The van der Waals surface area contributed by atoms with Crippen molar-refractivity contribution in [1.29, 1.82) is 0 Å². The summed E-state index contributed by atoms with van der Waals surface area (Å²) in [5.41, 5.74) is 1.25. The Hall–Kier alpha value is -3.06. The molecule has 1 heterocycles. The number of carbonyl (C=O) groups excluding carboxylic acids is 1. The number of halogens is 1. The number of non-ortho nitro benzene ring substituents is 1. The standard InChI is InChI=1S/C20H20FN3O3/c21-19-7-2-1-5-17(19)15-22-10-12-23(13-11-22)20(25)9-8-16-4-3-6-18(14-16)24(26)27/h1-9,14H,10-13,15H2/b9-8+. The Morgan fingerprint density at radius 2 is 1.85 bits per heavy atom. The highest BCUT2D eigenvalue weighted by atomic mass is 19.1.